The van der Waals surface area contributed by atoms with Crippen molar-refractivity contribution in [3.63, 3.8) is 0 Å². The summed E-state index contributed by atoms with van der Waals surface area (Å²) < 4.78 is 5.87. The van der Waals surface area contributed by atoms with Gasteiger partial charge in [0, 0.05) is 17.5 Å². The van der Waals surface area contributed by atoms with Crippen molar-refractivity contribution >= 4 is 28.9 Å². The third kappa shape index (κ3) is 4.72. The lowest BCUT2D eigenvalue weighted by Crippen LogP contribution is -2.52. The number of nitro groups is 1. The van der Waals surface area contributed by atoms with Gasteiger partial charge in [0.05, 0.1) is 17.0 Å². The van der Waals surface area contributed by atoms with Crippen LogP contribution in [-0.2, 0) is 11.2 Å². The van der Waals surface area contributed by atoms with Crippen molar-refractivity contribution in [1.29, 1.82) is 0 Å². The van der Waals surface area contributed by atoms with Crippen LogP contribution in [0.25, 0.3) is 0 Å². The predicted molar refractivity (Wildman–Crippen MR) is 114 cm³/mol. The molecule has 3 N–H and O–H groups in total. The molecule has 0 unspecified atom stereocenters. The summed E-state index contributed by atoms with van der Waals surface area (Å²) >= 11 is 5.92. The molecule has 2 atom stereocenters. The van der Waals surface area contributed by atoms with Crippen molar-refractivity contribution in [3.05, 3.63) is 62.7 Å². The third-order valence-corrected chi connectivity index (χ3v) is 5.31. The Kier molecular flexibility index (Phi) is 6.30. The molecule has 1 aliphatic rings. The Morgan fingerprint density at radius 1 is 1.30 bits per heavy atom. The number of aliphatic hydroxyl groups excluding tert-OH is 1. The number of anilines is 1. The van der Waals surface area contributed by atoms with Crippen LogP contribution in [0, 0.1) is 10.1 Å². The maximum absolute atomic E-state index is 11.5. The van der Waals surface area contributed by atoms with Crippen LogP contribution < -0.4 is 15.4 Å². The largest absolute Gasteiger partial charge is 0.484 e. The molecule has 3 rings (SSSR count). The summed E-state index contributed by atoms with van der Waals surface area (Å²) in [5, 5.41) is 28.9. The van der Waals surface area contributed by atoms with Crippen LogP contribution in [0.3, 0.4) is 0 Å². The Morgan fingerprint density at radius 3 is 2.57 bits per heavy atom. The highest BCUT2D eigenvalue weighted by molar-refractivity contribution is 6.30. The number of hydrogen-bond acceptors (Lipinski definition) is 6. The topological polar surface area (TPSA) is 114 Å². The van der Waals surface area contributed by atoms with Gasteiger partial charge in [-0.3, -0.25) is 14.9 Å². The number of benzene rings is 2. The van der Waals surface area contributed by atoms with Crippen molar-refractivity contribution in [3.8, 4) is 5.75 Å². The van der Waals surface area contributed by atoms with Crippen molar-refractivity contribution < 1.29 is 19.6 Å². The van der Waals surface area contributed by atoms with Crippen LogP contribution in [0.4, 0.5) is 11.4 Å². The zero-order valence-corrected chi connectivity index (χ0v) is 17.7. The number of carbonyl (C=O) groups excluding carboxylic acids is 1. The minimum Gasteiger partial charge on any atom is -0.484 e. The van der Waals surface area contributed by atoms with E-state index in [4.69, 9.17) is 16.3 Å². The first-order valence-corrected chi connectivity index (χ1v) is 9.91. The molecule has 1 heterocycles. The van der Waals surface area contributed by atoms with Crippen LogP contribution in [0.2, 0.25) is 5.02 Å². The summed E-state index contributed by atoms with van der Waals surface area (Å²) in [6.07, 6.45) is -0.218. The highest BCUT2D eigenvalue weighted by atomic mass is 35.5. The smallest absolute Gasteiger partial charge is 0.296 e. The maximum Gasteiger partial charge on any atom is 0.296 e. The van der Waals surface area contributed by atoms with Crippen LogP contribution in [-0.4, -0.2) is 34.2 Å². The fourth-order valence-corrected chi connectivity index (χ4v) is 3.64. The lowest BCUT2D eigenvalue weighted by atomic mass is 9.86. The molecule has 0 bridgehead atoms. The second-order valence-corrected chi connectivity index (χ2v) is 8.24. The number of hydrogen-bond donors (Lipinski definition) is 3. The number of amides is 1. The van der Waals surface area contributed by atoms with Gasteiger partial charge in [0.15, 0.2) is 0 Å². The average molecular weight is 434 g/mol. The van der Waals surface area contributed by atoms with E-state index in [9.17, 15) is 20.0 Å². The summed E-state index contributed by atoms with van der Waals surface area (Å²) in [5.41, 5.74) is 0.457. The summed E-state index contributed by atoms with van der Waals surface area (Å²) in [4.78, 5) is 22.4. The van der Waals surface area contributed by atoms with Gasteiger partial charge in [0.1, 0.15) is 23.1 Å². The predicted octanol–water partition coefficient (Wildman–Crippen LogP) is 3.61. The number of ether oxygens (including phenoxy) is 1. The number of fused-ring (bicyclic) bond motifs is 1. The highest BCUT2D eigenvalue weighted by Crippen LogP contribution is 2.44. The first-order valence-electron chi connectivity index (χ1n) is 9.53. The number of aliphatic hydroxyl groups is 1. The molecule has 2 aromatic carbocycles. The van der Waals surface area contributed by atoms with Crippen molar-refractivity contribution in [2.75, 3.05) is 11.9 Å². The average Bonchev–Trinajstić information content (AvgIpc) is 2.65. The molecule has 8 nitrogen and oxygen atoms in total. The number of nitrogens with zero attached hydrogens (tertiary/aromatic N) is 1. The molecule has 1 aliphatic heterocycles. The molecule has 2 aromatic rings. The Hall–Kier alpha value is -2.68. The van der Waals surface area contributed by atoms with Gasteiger partial charge in [-0.15, -0.1) is 0 Å². The van der Waals surface area contributed by atoms with Gasteiger partial charge in [0.25, 0.3) is 5.69 Å². The Balaban J connectivity index is 1.91. The molecule has 9 heteroatoms. The lowest BCUT2D eigenvalue weighted by molar-refractivity contribution is -0.384. The normalized spacial score (nSPS) is 19.5. The number of nitro benzene ring substituents is 1. The minimum atomic E-state index is -0.964. The molecule has 1 amide bonds. The van der Waals surface area contributed by atoms with E-state index in [-0.39, 0.29) is 11.4 Å². The van der Waals surface area contributed by atoms with Crippen molar-refractivity contribution in [1.82, 2.24) is 5.32 Å². The van der Waals surface area contributed by atoms with E-state index >= 15 is 0 Å². The van der Waals surface area contributed by atoms with E-state index in [0.29, 0.717) is 29.3 Å². The number of rotatable bonds is 6. The van der Waals surface area contributed by atoms with E-state index < -0.39 is 28.6 Å². The fourth-order valence-electron chi connectivity index (χ4n) is 3.52. The summed E-state index contributed by atoms with van der Waals surface area (Å²) in [5.74, 6) is -0.127. The Labute approximate surface area is 179 Å². The molecule has 0 spiro atoms. The zero-order chi connectivity index (χ0) is 22.1. The lowest BCUT2D eigenvalue weighted by Gasteiger charge is -2.42. The van der Waals surface area contributed by atoms with E-state index in [2.05, 4.69) is 10.6 Å². The van der Waals surface area contributed by atoms with E-state index in [1.165, 1.54) is 19.1 Å². The molecule has 30 heavy (non-hydrogen) atoms. The standard InChI is InChI=1S/C21H24ClN3O5/c1-12(26)24-16-10-15-18(11-17(16)25(28)29)30-21(2,3)20(27)19(15)23-9-8-13-4-6-14(22)7-5-13/h4-7,10-11,19-20,23,27H,8-9H2,1-3H3,(H,24,26)/t19-,20+/m0/s1. The first-order chi connectivity index (χ1) is 14.1. The molecular weight excluding hydrogens is 410 g/mol. The van der Waals surface area contributed by atoms with Crippen LogP contribution in [0.5, 0.6) is 5.75 Å². The molecule has 160 valence electrons. The summed E-state index contributed by atoms with van der Waals surface area (Å²) in [6.45, 7) is 5.27. The quantitative estimate of drug-likeness (QED) is 0.473. The molecule has 0 fully saturated rings. The Bertz CT molecular complexity index is 962. The van der Waals surface area contributed by atoms with Gasteiger partial charge in [0.2, 0.25) is 5.91 Å². The van der Waals surface area contributed by atoms with Gasteiger partial charge in [-0.1, -0.05) is 23.7 Å². The SMILES string of the molecule is CC(=O)Nc1cc2c(cc1[N+](=O)[O-])OC(C)(C)[C@H](O)[C@H]2NCCc1ccc(Cl)cc1. The molecule has 0 saturated heterocycles. The van der Waals surface area contributed by atoms with Gasteiger partial charge >= 0.3 is 0 Å². The van der Waals surface area contributed by atoms with E-state index in [1.807, 2.05) is 24.3 Å². The molecular formula is C21H24ClN3O5. The molecule has 0 aromatic heterocycles. The first kappa shape index (κ1) is 22.0. The summed E-state index contributed by atoms with van der Waals surface area (Å²) in [6, 6.07) is 9.75. The van der Waals surface area contributed by atoms with Crippen molar-refractivity contribution in [2.45, 2.75) is 44.9 Å². The summed E-state index contributed by atoms with van der Waals surface area (Å²) in [7, 11) is 0. The second-order valence-electron chi connectivity index (χ2n) is 7.80. The van der Waals surface area contributed by atoms with E-state index in [1.54, 1.807) is 13.8 Å². The third-order valence-electron chi connectivity index (χ3n) is 5.06. The number of nitrogens with one attached hydrogen (secondary N) is 2. The highest BCUT2D eigenvalue weighted by Gasteiger charge is 2.43. The number of carbonyl (C=O) groups is 1. The van der Waals surface area contributed by atoms with Crippen LogP contribution in [0.1, 0.15) is 37.9 Å². The van der Waals surface area contributed by atoms with Gasteiger partial charge in [-0.25, -0.2) is 0 Å². The van der Waals surface area contributed by atoms with Gasteiger partial charge < -0.3 is 20.5 Å². The maximum atomic E-state index is 11.5. The molecule has 0 saturated carbocycles. The monoisotopic (exact) mass is 433 g/mol. The van der Waals surface area contributed by atoms with Crippen LogP contribution >= 0.6 is 11.6 Å². The van der Waals surface area contributed by atoms with Crippen molar-refractivity contribution in [2.24, 2.45) is 0 Å². The fraction of sp³-hybridized carbons (Fsp3) is 0.381. The molecule has 0 radical (unpaired) electrons. The molecule has 0 aliphatic carbocycles. The van der Waals surface area contributed by atoms with Gasteiger partial charge in [-0.05, 0) is 50.6 Å². The Morgan fingerprint density at radius 2 is 1.97 bits per heavy atom. The number of halogens is 1. The van der Waals surface area contributed by atoms with E-state index in [0.717, 1.165) is 5.56 Å². The minimum absolute atomic E-state index is 0.0613. The van der Waals surface area contributed by atoms with Crippen LogP contribution in [0.15, 0.2) is 36.4 Å². The van der Waals surface area contributed by atoms with Gasteiger partial charge in [-0.2, -0.15) is 0 Å². The zero-order valence-electron chi connectivity index (χ0n) is 16.9. The second kappa shape index (κ2) is 8.59.